The number of sulfonamides is 1. The van der Waals surface area contributed by atoms with E-state index in [2.05, 4.69) is 5.32 Å². The highest BCUT2D eigenvalue weighted by Crippen LogP contribution is 2.22. The minimum Gasteiger partial charge on any atom is -0.325 e. The van der Waals surface area contributed by atoms with E-state index in [1.54, 1.807) is 31.2 Å². The van der Waals surface area contributed by atoms with Gasteiger partial charge in [-0.15, -0.1) is 0 Å². The van der Waals surface area contributed by atoms with Crippen molar-refractivity contribution in [2.75, 3.05) is 18.4 Å². The maximum atomic E-state index is 13.5. The van der Waals surface area contributed by atoms with Gasteiger partial charge in [0.1, 0.15) is 0 Å². The van der Waals surface area contributed by atoms with Crippen LogP contribution in [0.25, 0.3) is 0 Å². The number of anilines is 1. The number of hydrogen-bond acceptors (Lipinski definition) is 3. The van der Waals surface area contributed by atoms with Crippen molar-refractivity contribution >= 4 is 21.6 Å². The maximum Gasteiger partial charge on any atom is 0.243 e. The van der Waals surface area contributed by atoms with Gasteiger partial charge in [-0.05, 0) is 55.2 Å². The van der Waals surface area contributed by atoms with Crippen molar-refractivity contribution in [2.24, 2.45) is 0 Å². The zero-order chi connectivity index (χ0) is 21.6. The second-order valence-corrected chi connectivity index (χ2v) is 9.16. The Morgan fingerprint density at radius 1 is 0.900 bits per heavy atom. The molecule has 0 fully saturated rings. The van der Waals surface area contributed by atoms with Gasteiger partial charge in [-0.2, -0.15) is 4.31 Å². The van der Waals surface area contributed by atoms with Crippen molar-refractivity contribution in [3.05, 3.63) is 95.6 Å². The molecule has 30 heavy (non-hydrogen) atoms. The molecule has 0 atom stereocenters. The number of rotatable bonds is 8. The molecule has 0 aliphatic carbocycles. The molecule has 0 unspecified atom stereocenters. The monoisotopic (exact) mass is 422 g/mol. The van der Waals surface area contributed by atoms with Crippen molar-refractivity contribution < 1.29 is 13.2 Å². The first-order valence-electron chi connectivity index (χ1n) is 9.82. The predicted molar refractivity (Wildman–Crippen MR) is 120 cm³/mol. The summed E-state index contributed by atoms with van der Waals surface area (Å²) in [5, 5.41) is 2.78. The average Bonchev–Trinajstić information content (AvgIpc) is 2.74. The van der Waals surface area contributed by atoms with Gasteiger partial charge in [-0.25, -0.2) is 8.42 Å². The third-order valence-corrected chi connectivity index (χ3v) is 6.82. The van der Waals surface area contributed by atoms with Crippen LogP contribution in [0, 0.1) is 13.8 Å². The van der Waals surface area contributed by atoms with Crippen LogP contribution in [-0.4, -0.2) is 31.7 Å². The summed E-state index contributed by atoms with van der Waals surface area (Å²) in [5.74, 6) is -0.372. The Bertz CT molecular complexity index is 1100. The van der Waals surface area contributed by atoms with Crippen molar-refractivity contribution in [1.82, 2.24) is 4.31 Å². The summed E-state index contributed by atoms with van der Waals surface area (Å²) >= 11 is 0. The smallest absolute Gasteiger partial charge is 0.243 e. The number of hydrogen-bond donors (Lipinski definition) is 1. The first-order valence-corrected chi connectivity index (χ1v) is 11.3. The van der Waals surface area contributed by atoms with E-state index in [0.29, 0.717) is 17.7 Å². The molecule has 0 aliphatic rings. The van der Waals surface area contributed by atoms with E-state index in [1.807, 2.05) is 61.5 Å². The van der Waals surface area contributed by atoms with Crippen molar-refractivity contribution in [3.63, 3.8) is 0 Å². The van der Waals surface area contributed by atoms with Crippen LogP contribution in [0.2, 0.25) is 0 Å². The summed E-state index contributed by atoms with van der Waals surface area (Å²) < 4.78 is 28.2. The lowest BCUT2D eigenvalue weighted by Gasteiger charge is -2.23. The lowest BCUT2D eigenvalue weighted by atomic mass is 10.1. The Balaban J connectivity index is 1.86. The number of para-hydroxylation sites is 1. The average molecular weight is 423 g/mol. The van der Waals surface area contributed by atoms with E-state index in [4.69, 9.17) is 0 Å². The minimum atomic E-state index is -3.84. The molecule has 3 aromatic rings. The number of carbonyl (C=O) groups is 1. The number of benzene rings is 3. The number of amides is 1. The van der Waals surface area contributed by atoms with Crippen LogP contribution >= 0.6 is 0 Å². The van der Waals surface area contributed by atoms with Gasteiger partial charge in [0, 0.05) is 12.2 Å². The zero-order valence-corrected chi connectivity index (χ0v) is 18.0. The van der Waals surface area contributed by atoms with E-state index in [1.165, 1.54) is 4.31 Å². The molecule has 3 aromatic carbocycles. The van der Waals surface area contributed by atoms with Crippen LogP contribution in [-0.2, 0) is 21.2 Å². The van der Waals surface area contributed by atoms with Crippen LogP contribution in [0.15, 0.2) is 83.8 Å². The molecule has 0 bridgehead atoms. The predicted octanol–water partition coefficient (Wildman–Crippen LogP) is 4.18. The number of carbonyl (C=O) groups excluding carboxylic acids is 1. The fourth-order valence-electron chi connectivity index (χ4n) is 3.19. The van der Waals surface area contributed by atoms with E-state index < -0.39 is 10.0 Å². The molecular weight excluding hydrogens is 396 g/mol. The normalized spacial score (nSPS) is 11.4. The highest BCUT2D eigenvalue weighted by atomic mass is 32.2. The van der Waals surface area contributed by atoms with E-state index in [9.17, 15) is 13.2 Å². The molecule has 0 radical (unpaired) electrons. The third-order valence-electron chi connectivity index (χ3n) is 4.83. The number of aryl methyl sites for hydroxylation is 2. The maximum absolute atomic E-state index is 13.5. The molecule has 6 heteroatoms. The molecule has 156 valence electrons. The molecule has 1 amide bonds. The molecule has 0 saturated heterocycles. The topological polar surface area (TPSA) is 66.5 Å². The van der Waals surface area contributed by atoms with E-state index >= 15 is 0 Å². The van der Waals surface area contributed by atoms with Crippen molar-refractivity contribution in [1.29, 1.82) is 0 Å². The number of nitrogens with one attached hydrogen (secondary N) is 1. The first-order chi connectivity index (χ1) is 14.4. The number of nitrogens with zero attached hydrogens (tertiary/aromatic N) is 1. The second kappa shape index (κ2) is 9.69. The van der Waals surface area contributed by atoms with E-state index in [0.717, 1.165) is 11.1 Å². The molecule has 5 nitrogen and oxygen atoms in total. The molecule has 0 heterocycles. The van der Waals surface area contributed by atoms with Gasteiger partial charge in [-0.3, -0.25) is 4.79 Å². The fraction of sp³-hybridized carbons (Fsp3) is 0.208. The van der Waals surface area contributed by atoms with Crippen LogP contribution in [0.3, 0.4) is 0 Å². The Morgan fingerprint density at radius 3 is 2.20 bits per heavy atom. The second-order valence-electron chi connectivity index (χ2n) is 7.26. The summed E-state index contributed by atoms with van der Waals surface area (Å²) in [7, 11) is -3.84. The van der Waals surface area contributed by atoms with Crippen LogP contribution in [0.1, 0.15) is 16.7 Å². The molecule has 0 spiro atoms. The first kappa shape index (κ1) is 21.7. The van der Waals surface area contributed by atoms with Gasteiger partial charge in [-0.1, -0.05) is 60.7 Å². The lowest BCUT2D eigenvalue weighted by Crippen LogP contribution is -2.39. The largest absolute Gasteiger partial charge is 0.325 e. The summed E-state index contributed by atoms with van der Waals surface area (Å²) in [5.41, 5.74) is 3.17. The van der Waals surface area contributed by atoms with Crippen molar-refractivity contribution in [3.8, 4) is 0 Å². The molecular formula is C24H26N2O3S. The Morgan fingerprint density at radius 2 is 1.53 bits per heavy atom. The van der Waals surface area contributed by atoms with Crippen LogP contribution < -0.4 is 5.32 Å². The third kappa shape index (κ3) is 5.55. The van der Waals surface area contributed by atoms with Gasteiger partial charge in [0.2, 0.25) is 15.9 Å². The molecule has 0 aromatic heterocycles. The summed E-state index contributed by atoms with van der Waals surface area (Å²) in [6.45, 7) is 3.58. The van der Waals surface area contributed by atoms with Crippen molar-refractivity contribution in [2.45, 2.75) is 25.2 Å². The summed E-state index contributed by atoms with van der Waals surface area (Å²) in [6.07, 6.45) is 0.517. The van der Waals surface area contributed by atoms with Gasteiger partial charge in [0.25, 0.3) is 0 Å². The lowest BCUT2D eigenvalue weighted by molar-refractivity contribution is -0.116. The Labute approximate surface area is 178 Å². The summed E-state index contributed by atoms with van der Waals surface area (Å²) in [6, 6.07) is 24.0. The van der Waals surface area contributed by atoms with Gasteiger partial charge < -0.3 is 5.32 Å². The van der Waals surface area contributed by atoms with Crippen LogP contribution in [0.4, 0.5) is 5.69 Å². The van der Waals surface area contributed by atoms with Gasteiger partial charge in [0.15, 0.2) is 0 Å². The minimum absolute atomic E-state index is 0.210. The summed E-state index contributed by atoms with van der Waals surface area (Å²) in [4.78, 5) is 12.9. The highest BCUT2D eigenvalue weighted by molar-refractivity contribution is 7.89. The highest BCUT2D eigenvalue weighted by Gasteiger charge is 2.28. The molecule has 0 aliphatic heterocycles. The Hall–Kier alpha value is -2.96. The SMILES string of the molecule is Cc1ccc(C)c(S(=O)(=O)N(CCc2ccccc2)CC(=O)Nc2ccccc2)c1. The van der Waals surface area contributed by atoms with Crippen LogP contribution in [0.5, 0.6) is 0 Å². The molecule has 0 saturated carbocycles. The Kier molecular flexibility index (Phi) is 7.03. The van der Waals surface area contributed by atoms with Gasteiger partial charge in [0.05, 0.1) is 11.4 Å². The molecule has 1 N–H and O–H groups in total. The molecule has 3 rings (SSSR count). The standard InChI is InChI=1S/C24H26N2O3S/c1-19-13-14-20(2)23(17-19)30(28,29)26(16-15-21-9-5-3-6-10-21)18-24(27)25-22-11-7-4-8-12-22/h3-14,17H,15-16,18H2,1-2H3,(H,25,27). The van der Waals surface area contributed by atoms with Gasteiger partial charge >= 0.3 is 0 Å². The van der Waals surface area contributed by atoms with E-state index in [-0.39, 0.29) is 23.9 Å². The fourth-order valence-corrected chi connectivity index (χ4v) is 4.90. The zero-order valence-electron chi connectivity index (χ0n) is 17.2. The quantitative estimate of drug-likeness (QED) is 0.592.